The first-order valence-corrected chi connectivity index (χ1v) is 9.25. The lowest BCUT2D eigenvalue weighted by Crippen LogP contribution is -2.51. The summed E-state index contributed by atoms with van der Waals surface area (Å²) in [5, 5.41) is 11.9. The van der Waals surface area contributed by atoms with Crippen molar-refractivity contribution in [3.8, 4) is 0 Å². The SMILES string of the molecule is Cc1oc(CNC(=O)C2(C)CCCN(C(=O)c3ccccc3)C2)cc1C(=O)O. The van der Waals surface area contributed by atoms with Gasteiger partial charge in [-0.15, -0.1) is 0 Å². The third kappa shape index (κ3) is 4.08. The van der Waals surface area contributed by atoms with Crippen LogP contribution >= 0.6 is 0 Å². The third-order valence-corrected chi connectivity index (χ3v) is 5.17. The Kier molecular flexibility index (Phi) is 5.53. The Morgan fingerprint density at radius 2 is 1.96 bits per heavy atom. The Hall–Kier alpha value is -3.09. The minimum absolute atomic E-state index is 0.0768. The molecule has 0 radical (unpaired) electrons. The van der Waals surface area contributed by atoms with E-state index in [1.807, 2.05) is 25.1 Å². The molecule has 1 aliphatic rings. The lowest BCUT2D eigenvalue weighted by molar-refractivity contribution is -0.132. The number of piperidine rings is 1. The highest BCUT2D eigenvalue weighted by Gasteiger charge is 2.39. The fourth-order valence-corrected chi connectivity index (χ4v) is 3.59. The van der Waals surface area contributed by atoms with E-state index in [9.17, 15) is 14.4 Å². The first-order valence-electron chi connectivity index (χ1n) is 9.25. The van der Waals surface area contributed by atoms with E-state index < -0.39 is 11.4 Å². The molecule has 3 rings (SSSR count). The molecule has 1 aromatic carbocycles. The molecule has 1 aromatic heterocycles. The highest BCUT2D eigenvalue weighted by atomic mass is 16.4. The molecule has 1 saturated heterocycles. The van der Waals surface area contributed by atoms with Crippen molar-refractivity contribution in [3.63, 3.8) is 0 Å². The quantitative estimate of drug-likeness (QED) is 0.826. The number of nitrogens with zero attached hydrogens (tertiary/aromatic N) is 1. The lowest BCUT2D eigenvalue weighted by atomic mass is 9.80. The van der Waals surface area contributed by atoms with Crippen LogP contribution in [-0.4, -0.2) is 40.9 Å². The van der Waals surface area contributed by atoms with Crippen molar-refractivity contribution < 1.29 is 23.9 Å². The molecule has 1 atom stereocenters. The molecule has 1 aliphatic heterocycles. The maximum absolute atomic E-state index is 12.8. The number of carbonyl (C=O) groups is 3. The van der Waals surface area contributed by atoms with Crippen molar-refractivity contribution in [1.29, 1.82) is 0 Å². The number of nitrogens with one attached hydrogen (secondary N) is 1. The van der Waals surface area contributed by atoms with Crippen molar-refractivity contribution in [2.75, 3.05) is 13.1 Å². The van der Waals surface area contributed by atoms with E-state index in [0.717, 1.165) is 6.42 Å². The fraction of sp³-hybridized carbons (Fsp3) is 0.381. The lowest BCUT2D eigenvalue weighted by Gasteiger charge is -2.39. The molecule has 1 unspecified atom stereocenters. The van der Waals surface area contributed by atoms with Crippen LogP contribution in [0.4, 0.5) is 0 Å². The number of likely N-dealkylation sites (tertiary alicyclic amines) is 1. The Morgan fingerprint density at radius 3 is 2.61 bits per heavy atom. The van der Waals surface area contributed by atoms with Crippen LogP contribution in [0.2, 0.25) is 0 Å². The highest BCUT2D eigenvalue weighted by molar-refractivity contribution is 5.95. The van der Waals surface area contributed by atoms with Gasteiger partial charge in [-0.1, -0.05) is 18.2 Å². The molecular formula is C21H24N2O5. The number of hydrogen-bond acceptors (Lipinski definition) is 4. The number of furan rings is 1. The molecule has 0 spiro atoms. The van der Waals surface area contributed by atoms with E-state index >= 15 is 0 Å². The number of carboxylic acids is 1. The van der Waals surface area contributed by atoms with Gasteiger partial charge in [0, 0.05) is 18.7 Å². The van der Waals surface area contributed by atoms with Gasteiger partial charge in [0.2, 0.25) is 5.91 Å². The van der Waals surface area contributed by atoms with Crippen molar-refractivity contribution >= 4 is 17.8 Å². The zero-order valence-electron chi connectivity index (χ0n) is 16.0. The molecular weight excluding hydrogens is 360 g/mol. The summed E-state index contributed by atoms with van der Waals surface area (Å²) in [4.78, 5) is 38.4. The molecule has 2 N–H and O–H groups in total. The molecule has 2 aromatic rings. The molecule has 7 heteroatoms. The van der Waals surface area contributed by atoms with Gasteiger partial charge in [-0.3, -0.25) is 9.59 Å². The van der Waals surface area contributed by atoms with E-state index in [0.29, 0.717) is 36.6 Å². The third-order valence-electron chi connectivity index (χ3n) is 5.17. The van der Waals surface area contributed by atoms with Gasteiger partial charge in [-0.25, -0.2) is 4.79 Å². The second-order valence-corrected chi connectivity index (χ2v) is 7.43. The topological polar surface area (TPSA) is 99.9 Å². The number of amides is 2. The summed E-state index contributed by atoms with van der Waals surface area (Å²) in [5.74, 6) is -0.621. The molecule has 0 bridgehead atoms. The molecule has 148 valence electrons. The second-order valence-electron chi connectivity index (χ2n) is 7.43. The Morgan fingerprint density at radius 1 is 1.25 bits per heavy atom. The van der Waals surface area contributed by atoms with Crippen LogP contribution in [0.3, 0.4) is 0 Å². The van der Waals surface area contributed by atoms with Gasteiger partial charge in [0.05, 0.1) is 12.0 Å². The minimum atomic E-state index is -1.06. The van der Waals surface area contributed by atoms with Crippen LogP contribution in [0.1, 0.15) is 52.0 Å². The summed E-state index contributed by atoms with van der Waals surface area (Å²) < 4.78 is 5.40. The molecule has 0 saturated carbocycles. The smallest absolute Gasteiger partial charge is 0.339 e. The van der Waals surface area contributed by atoms with Crippen LogP contribution in [0.5, 0.6) is 0 Å². The van der Waals surface area contributed by atoms with Gasteiger partial charge in [-0.05, 0) is 44.9 Å². The first kappa shape index (κ1) is 19.7. The highest BCUT2D eigenvalue weighted by Crippen LogP contribution is 2.30. The van der Waals surface area contributed by atoms with Crippen molar-refractivity contribution in [3.05, 3.63) is 59.0 Å². The summed E-state index contributed by atoms with van der Waals surface area (Å²) >= 11 is 0. The average Bonchev–Trinajstić information content (AvgIpc) is 3.07. The van der Waals surface area contributed by atoms with E-state index in [2.05, 4.69) is 5.32 Å². The van der Waals surface area contributed by atoms with Gasteiger partial charge >= 0.3 is 5.97 Å². The van der Waals surface area contributed by atoms with Crippen molar-refractivity contribution in [2.24, 2.45) is 5.41 Å². The second kappa shape index (κ2) is 7.88. The standard InChI is InChI=1S/C21H24N2O5/c1-14-17(19(25)26)11-16(28-14)12-22-20(27)21(2)9-6-10-23(13-21)18(24)15-7-4-3-5-8-15/h3-5,7-8,11H,6,9-10,12-13H2,1-2H3,(H,22,27)(H,25,26). The summed E-state index contributed by atoms with van der Waals surface area (Å²) in [7, 11) is 0. The Balaban J connectivity index is 1.64. The van der Waals surface area contributed by atoms with E-state index in [-0.39, 0.29) is 23.9 Å². The number of hydrogen-bond donors (Lipinski definition) is 2. The Bertz CT molecular complexity index is 889. The van der Waals surface area contributed by atoms with Crippen LogP contribution in [-0.2, 0) is 11.3 Å². The normalized spacial score (nSPS) is 19.3. The number of aromatic carboxylic acids is 1. The van der Waals surface area contributed by atoms with E-state index in [4.69, 9.17) is 9.52 Å². The maximum atomic E-state index is 12.8. The molecule has 2 heterocycles. The van der Waals surface area contributed by atoms with Gasteiger partial charge in [-0.2, -0.15) is 0 Å². The van der Waals surface area contributed by atoms with Gasteiger partial charge < -0.3 is 19.7 Å². The number of carboxylic acid groups (broad SMARTS) is 1. The summed E-state index contributed by atoms with van der Waals surface area (Å²) in [6.45, 7) is 4.49. The summed E-state index contributed by atoms with van der Waals surface area (Å²) in [6, 6.07) is 10.5. The van der Waals surface area contributed by atoms with Crippen LogP contribution in [0.25, 0.3) is 0 Å². The molecule has 7 nitrogen and oxygen atoms in total. The number of carbonyl (C=O) groups excluding carboxylic acids is 2. The number of aryl methyl sites for hydroxylation is 1. The first-order chi connectivity index (χ1) is 13.3. The van der Waals surface area contributed by atoms with Crippen LogP contribution < -0.4 is 5.32 Å². The van der Waals surface area contributed by atoms with Crippen LogP contribution in [0, 0.1) is 12.3 Å². The predicted molar refractivity (Wildman–Crippen MR) is 102 cm³/mol. The Labute approximate surface area is 163 Å². The van der Waals surface area contributed by atoms with Crippen molar-refractivity contribution in [2.45, 2.75) is 33.2 Å². The van der Waals surface area contributed by atoms with Crippen molar-refractivity contribution in [1.82, 2.24) is 10.2 Å². The van der Waals surface area contributed by atoms with Crippen LogP contribution in [0.15, 0.2) is 40.8 Å². The minimum Gasteiger partial charge on any atom is -0.478 e. The summed E-state index contributed by atoms with van der Waals surface area (Å²) in [5.41, 5.74) is -0.00729. The van der Waals surface area contributed by atoms with Gasteiger partial charge in [0.25, 0.3) is 5.91 Å². The van der Waals surface area contributed by atoms with Gasteiger partial charge in [0.1, 0.15) is 17.1 Å². The van der Waals surface area contributed by atoms with Gasteiger partial charge in [0.15, 0.2) is 0 Å². The zero-order valence-corrected chi connectivity index (χ0v) is 16.0. The molecule has 28 heavy (non-hydrogen) atoms. The monoisotopic (exact) mass is 384 g/mol. The maximum Gasteiger partial charge on any atom is 0.339 e. The van der Waals surface area contributed by atoms with E-state index in [1.165, 1.54) is 6.07 Å². The average molecular weight is 384 g/mol. The van der Waals surface area contributed by atoms with E-state index in [1.54, 1.807) is 24.0 Å². The zero-order chi connectivity index (χ0) is 20.3. The number of benzene rings is 1. The predicted octanol–water partition coefficient (Wildman–Crippen LogP) is 2.84. The number of rotatable bonds is 5. The molecule has 1 fully saturated rings. The largest absolute Gasteiger partial charge is 0.478 e. The molecule has 2 amide bonds. The summed E-state index contributed by atoms with van der Waals surface area (Å²) in [6.07, 6.45) is 1.42. The molecule has 0 aliphatic carbocycles. The fourth-order valence-electron chi connectivity index (χ4n) is 3.59.